The van der Waals surface area contributed by atoms with E-state index in [0.717, 1.165) is 58.3 Å². The van der Waals surface area contributed by atoms with Gasteiger partial charge < -0.3 is 14.4 Å². The lowest BCUT2D eigenvalue weighted by atomic mass is 9.83. The van der Waals surface area contributed by atoms with Crippen LogP contribution in [0.2, 0.25) is 0 Å². The van der Waals surface area contributed by atoms with E-state index >= 15 is 0 Å². The van der Waals surface area contributed by atoms with E-state index in [1.807, 2.05) is 0 Å². The van der Waals surface area contributed by atoms with E-state index in [4.69, 9.17) is 9.47 Å². The SMILES string of the molecule is O=C(CC1CCC2(CC1)OCCO2)N1CCC[C@@H]1c1ccsc1. The van der Waals surface area contributed by atoms with Gasteiger partial charge in [-0.15, -0.1) is 0 Å². The van der Waals surface area contributed by atoms with E-state index in [1.54, 1.807) is 11.3 Å². The van der Waals surface area contributed by atoms with Crippen LogP contribution in [0, 0.1) is 5.92 Å². The highest BCUT2D eigenvalue weighted by Crippen LogP contribution is 2.40. The second kappa shape index (κ2) is 6.54. The van der Waals surface area contributed by atoms with E-state index in [1.165, 1.54) is 5.56 Å². The zero-order valence-corrected chi connectivity index (χ0v) is 14.4. The van der Waals surface area contributed by atoms with Crippen molar-refractivity contribution in [2.24, 2.45) is 5.92 Å². The molecule has 3 heterocycles. The van der Waals surface area contributed by atoms with E-state index < -0.39 is 0 Å². The Morgan fingerprint density at radius 2 is 2.04 bits per heavy atom. The lowest BCUT2D eigenvalue weighted by Crippen LogP contribution is -2.37. The Hall–Kier alpha value is -0.910. The van der Waals surface area contributed by atoms with Gasteiger partial charge in [0.15, 0.2) is 5.79 Å². The molecule has 1 aliphatic carbocycles. The molecule has 1 aromatic heterocycles. The summed E-state index contributed by atoms with van der Waals surface area (Å²) in [6.07, 6.45) is 6.90. The Balaban J connectivity index is 1.33. The number of amides is 1. The molecule has 0 aromatic carbocycles. The Labute approximate surface area is 141 Å². The number of hydrogen-bond acceptors (Lipinski definition) is 4. The van der Waals surface area contributed by atoms with Crippen molar-refractivity contribution < 1.29 is 14.3 Å². The van der Waals surface area contributed by atoms with Crippen LogP contribution < -0.4 is 0 Å². The number of rotatable bonds is 3. The average Bonchev–Trinajstić information content (AvgIpc) is 3.31. The molecule has 0 bridgehead atoms. The second-order valence-electron chi connectivity index (χ2n) is 7.06. The summed E-state index contributed by atoms with van der Waals surface area (Å²) in [4.78, 5) is 14.9. The third-order valence-corrected chi connectivity index (χ3v) is 6.35. The fourth-order valence-electron chi connectivity index (χ4n) is 4.35. The van der Waals surface area contributed by atoms with Crippen molar-refractivity contribution in [2.75, 3.05) is 19.8 Å². The maximum absolute atomic E-state index is 12.8. The van der Waals surface area contributed by atoms with Crippen molar-refractivity contribution in [2.45, 2.75) is 56.8 Å². The minimum atomic E-state index is -0.313. The highest BCUT2D eigenvalue weighted by Gasteiger charge is 2.41. The maximum atomic E-state index is 12.8. The molecule has 5 heteroatoms. The highest BCUT2D eigenvalue weighted by atomic mass is 32.1. The van der Waals surface area contributed by atoms with Gasteiger partial charge in [0.05, 0.1) is 19.3 Å². The Kier molecular flexibility index (Phi) is 4.43. The molecule has 2 aliphatic heterocycles. The van der Waals surface area contributed by atoms with Crippen LogP contribution in [0.3, 0.4) is 0 Å². The van der Waals surface area contributed by atoms with E-state index in [9.17, 15) is 4.79 Å². The van der Waals surface area contributed by atoms with Gasteiger partial charge in [-0.25, -0.2) is 0 Å². The van der Waals surface area contributed by atoms with Crippen LogP contribution in [0.25, 0.3) is 0 Å². The maximum Gasteiger partial charge on any atom is 0.223 e. The largest absolute Gasteiger partial charge is 0.348 e. The minimum Gasteiger partial charge on any atom is -0.348 e. The molecule has 3 aliphatic rings. The molecular weight excluding hydrogens is 310 g/mol. The number of ether oxygens (including phenoxy) is 2. The molecule has 1 atom stereocenters. The molecular formula is C18H25NO3S. The number of nitrogens with zero attached hydrogens (tertiary/aromatic N) is 1. The summed E-state index contributed by atoms with van der Waals surface area (Å²) in [6, 6.07) is 2.48. The summed E-state index contributed by atoms with van der Waals surface area (Å²) in [7, 11) is 0. The van der Waals surface area contributed by atoms with Gasteiger partial charge in [0, 0.05) is 25.8 Å². The summed E-state index contributed by atoms with van der Waals surface area (Å²) >= 11 is 1.72. The first-order valence-corrected chi connectivity index (χ1v) is 9.79. The fourth-order valence-corrected chi connectivity index (χ4v) is 5.05. The number of carbonyl (C=O) groups is 1. The quantitative estimate of drug-likeness (QED) is 0.845. The molecule has 126 valence electrons. The molecule has 0 N–H and O–H groups in total. The monoisotopic (exact) mass is 335 g/mol. The predicted octanol–water partition coefficient (Wildman–Crippen LogP) is 3.74. The standard InChI is InChI=1S/C18H25NO3S/c20-17(19-8-1-2-16(19)15-5-11-23-13-15)12-14-3-6-18(7-4-14)21-9-10-22-18/h5,11,13-14,16H,1-4,6-10,12H2/t16-/m1/s1. The summed E-state index contributed by atoms with van der Waals surface area (Å²) in [6.45, 7) is 2.36. The van der Waals surface area contributed by atoms with Crippen molar-refractivity contribution in [3.05, 3.63) is 22.4 Å². The molecule has 1 saturated carbocycles. The Morgan fingerprint density at radius 3 is 2.74 bits per heavy atom. The second-order valence-corrected chi connectivity index (χ2v) is 7.84. The molecule has 4 rings (SSSR count). The van der Waals surface area contributed by atoms with Crippen molar-refractivity contribution in [3.8, 4) is 0 Å². The highest BCUT2D eigenvalue weighted by molar-refractivity contribution is 7.07. The van der Waals surface area contributed by atoms with Gasteiger partial charge in [-0.1, -0.05) is 0 Å². The van der Waals surface area contributed by atoms with Gasteiger partial charge in [0.1, 0.15) is 0 Å². The molecule has 23 heavy (non-hydrogen) atoms. The van der Waals surface area contributed by atoms with Crippen LogP contribution in [0.4, 0.5) is 0 Å². The summed E-state index contributed by atoms with van der Waals surface area (Å²) in [5, 5.41) is 4.30. The molecule has 3 fully saturated rings. The zero-order chi connectivity index (χ0) is 15.7. The number of likely N-dealkylation sites (tertiary alicyclic amines) is 1. The van der Waals surface area contributed by atoms with Crippen LogP contribution in [-0.2, 0) is 14.3 Å². The number of carbonyl (C=O) groups excluding carboxylic acids is 1. The third kappa shape index (κ3) is 3.19. The van der Waals surface area contributed by atoms with Crippen LogP contribution in [0.15, 0.2) is 16.8 Å². The smallest absolute Gasteiger partial charge is 0.223 e. The summed E-state index contributed by atoms with van der Waals surface area (Å²) < 4.78 is 11.6. The lowest BCUT2D eigenvalue weighted by molar-refractivity contribution is -0.183. The normalized spacial score (nSPS) is 27.8. The van der Waals surface area contributed by atoms with Gasteiger partial charge in [0.25, 0.3) is 0 Å². The lowest BCUT2D eigenvalue weighted by Gasteiger charge is -2.36. The van der Waals surface area contributed by atoms with E-state index in [0.29, 0.717) is 24.3 Å². The molecule has 1 aromatic rings. The predicted molar refractivity (Wildman–Crippen MR) is 89.2 cm³/mol. The van der Waals surface area contributed by atoms with Crippen LogP contribution in [-0.4, -0.2) is 36.4 Å². The van der Waals surface area contributed by atoms with Crippen molar-refractivity contribution in [1.29, 1.82) is 0 Å². The van der Waals surface area contributed by atoms with Crippen LogP contribution in [0.1, 0.15) is 56.6 Å². The third-order valence-electron chi connectivity index (χ3n) is 5.64. The average molecular weight is 335 g/mol. The van der Waals surface area contributed by atoms with Crippen molar-refractivity contribution >= 4 is 17.2 Å². The van der Waals surface area contributed by atoms with Crippen LogP contribution >= 0.6 is 11.3 Å². The minimum absolute atomic E-state index is 0.310. The van der Waals surface area contributed by atoms with Gasteiger partial charge in [-0.3, -0.25) is 4.79 Å². The van der Waals surface area contributed by atoms with E-state index in [2.05, 4.69) is 21.7 Å². The number of hydrogen-bond donors (Lipinski definition) is 0. The zero-order valence-electron chi connectivity index (χ0n) is 13.5. The first-order valence-electron chi connectivity index (χ1n) is 8.85. The van der Waals surface area contributed by atoms with Crippen LogP contribution in [0.5, 0.6) is 0 Å². The molecule has 1 spiro atoms. The molecule has 1 amide bonds. The topological polar surface area (TPSA) is 38.8 Å². The fraction of sp³-hybridized carbons (Fsp3) is 0.722. The van der Waals surface area contributed by atoms with Crippen molar-refractivity contribution in [1.82, 2.24) is 4.90 Å². The van der Waals surface area contributed by atoms with Crippen molar-refractivity contribution in [3.63, 3.8) is 0 Å². The molecule has 0 unspecified atom stereocenters. The first-order chi connectivity index (χ1) is 11.3. The van der Waals surface area contributed by atoms with Gasteiger partial charge in [0.2, 0.25) is 5.91 Å². The summed E-state index contributed by atoms with van der Waals surface area (Å²) in [5.74, 6) is 0.518. The summed E-state index contributed by atoms with van der Waals surface area (Å²) in [5.41, 5.74) is 1.32. The van der Waals surface area contributed by atoms with Gasteiger partial charge in [-0.05, 0) is 54.0 Å². The molecule has 4 nitrogen and oxygen atoms in total. The van der Waals surface area contributed by atoms with Gasteiger partial charge >= 0.3 is 0 Å². The Bertz CT molecular complexity index is 528. The molecule has 2 saturated heterocycles. The molecule has 0 radical (unpaired) electrons. The van der Waals surface area contributed by atoms with Gasteiger partial charge in [-0.2, -0.15) is 11.3 Å². The van der Waals surface area contributed by atoms with E-state index in [-0.39, 0.29) is 5.79 Å². The Morgan fingerprint density at radius 1 is 1.26 bits per heavy atom. The first kappa shape index (κ1) is 15.6. The number of thiophene rings is 1.